The standard InChI is InChI=1S/C11H21NO6S/c1-8(2)6-9(11(14)15)7-12-19(16,17)5-4-10(13)18-3/h8-9,12H,4-7H2,1-3H3,(H,14,15). The molecule has 0 spiro atoms. The minimum Gasteiger partial charge on any atom is -0.481 e. The molecule has 8 heteroatoms. The zero-order valence-electron chi connectivity index (χ0n) is 11.4. The van der Waals surface area contributed by atoms with Crippen molar-refractivity contribution in [1.29, 1.82) is 0 Å². The third-order valence-electron chi connectivity index (χ3n) is 2.46. The summed E-state index contributed by atoms with van der Waals surface area (Å²) in [7, 11) is -2.49. The van der Waals surface area contributed by atoms with Gasteiger partial charge in [-0.15, -0.1) is 0 Å². The van der Waals surface area contributed by atoms with Gasteiger partial charge in [-0.2, -0.15) is 0 Å². The molecule has 1 atom stereocenters. The molecular weight excluding hydrogens is 274 g/mol. The second kappa shape index (κ2) is 8.11. The van der Waals surface area contributed by atoms with Crippen LogP contribution in [-0.2, 0) is 24.3 Å². The summed E-state index contributed by atoms with van der Waals surface area (Å²) in [5, 5.41) is 8.97. The van der Waals surface area contributed by atoms with Gasteiger partial charge >= 0.3 is 11.9 Å². The van der Waals surface area contributed by atoms with Gasteiger partial charge in [-0.05, 0) is 12.3 Å². The first kappa shape index (κ1) is 17.8. The summed E-state index contributed by atoms with van der Waals surface area (Å²) in [6.45, 7) is 3.56. The van der Waals surface area contributed by atoms with Crippen LogP contribution in [0.2, 0.25) is 0 Å². The van der Waals surface area contributed by atoms with Crippen LogP contribution in [0.5, 0.6) is 0 Å². The molecule has 1 unspecified atom stereocenters. The topological polar surface area (TPSA) is 110 Å². The molecule has 7 nitrogen and oxygen atoms in total. The van der Waals surface area contributed by atoms with Gasteiger partial charge in [0.05, 0.1) is 25.2 Å². The Labute approximate surface area is 113 Å². The van der Waals surface area contributed by atoms with Gasteiger partial charge in [0.1, 0.15) is 0 Å². The van der Waals surface area contributed by atoms with Crippen molar-refractivity contribution in [3.05, 3.63) is 0 Å². The lowest BCUT2D eigenvalue weighted by molar-refractivity contribution is -0.142. The molecule has 0 saturated heterocycles. The first-order chi connectivity index (χ1) is 8.68. The first-order valence-corrected chi connectivity index (χ1v) is 7.60. The van der Waals surface area contributed by atoms with Gasteiger partial charge < -0.3 is 9.84 Å². The fourth-order valence-electron chi connectivity index (χ4n) is 1.46. The van der Waals surface area contributed by atoms with E-state index < -0.39 is 33.6 Å². The molecule has 0 aromatic rings. The summed E-state index contributed by atoms with van der Waals surface area (Å²) in [6, 6.07) is 0. The zero-order valence-corrected chi connectivity index (χ0v) is 12.2. The van der Waals surface area contributed by atoms with Gasteiger partial charge in [0, 0.05) is 6.54 Å². The van der Waals surface area contributed by atoms with Crippen LogP contribution in [0.4, 0.5) is 0 Å². The first-order valence-electron chi connectivity index (χ1n) is 5.95. The number of carboxylic acids is 1. The molecule has 0 bridgehead atoms. The quantitative estimate of drug-likeness (QED) is 0.589. The van der Waals surface area contributed by atoms with Gasteiger partial charge in [-0.1, -0.05) is 13.8 Å². The highest BCUT2D eigenvalue weighted by Crippen LogP contribution is 2.11. The third-order valence-corrected chi connectivity index (χ3v) is 3.81. The minimum atomic E-state index is -3.67. The van der Waals surface area contributed by atoms with Crippen molar-refractivity contribution >= 4 is 22.0 Å². The third kappa shape index (κ3) is 8.55. The van der Waals surface area contributed by atoms with Crippen molar-refractivity contribution in [3.63, 3.8) is 0 Å². The van der Waals surface area contributed by atoms with Crippen molar-refractivity contribution < 1.29 is 27.9 Å². The monoisotopic (exact) mass is 295 g/mol. The van der Waals surface area contributed by atoms with Crippen LogP contribution in [0, 0.1) is 11.8 Å². The number of hydrogen-bond donors (Lipinski definition) is 2. The Bertz CT molecular complexity index is 403. The highest BCUT2D eigenvalue weighted by Gasteiger charge is 2.22. The molecule has 0 heterocycles. The molecule has 0 saturated carbocycles. The van der Waals surface area contributed by atoms with E-state index in [-0.39, 0.29) is 18.9 Å². The van der Waals surface area contributed by atoms with Gasteiger partial charge in [0.2, 0.25) is 10.0 Å². The molecule has 0 rings (SSSR count). The van der Waals surface area contributed by atoms with E-state index in [0.717, 1.165) is 0 Å². The number of sulfonamides is 1. The Hall–Kier alpha value is -1.15. The maximum atomic E-state index is 11.6. The van der Waals surface area contributed by atoms with Crippen LogP contribution in [0.1, 0.15) is 26.7 Å². The summed E-state index contributed by atoms with van der Waals surface area (Å²) in [5.74, 6) is -2.69. The van der Waals surface area contributed by atoms with E-state index in [9.17, 15) is 18.0 Å². The molecule has 0 aliphatic heterocycles. The summed E-state index contributed by atoms with van der Waals surface area (Å²) >= 11 is 0. The van der Waals surface area contributed by atoms with E-state index in [1.807, 2.05) is 13.8 Å². The number of esters is 1. The van der Waals surface area contributed by atoms with E-state index in [4.69, 9.17) is 5.11 Å². The fraction of sp³-hybridized carbons (Fsp3) is 0.818. The largest absolute Gasteiger partial charge is 0.481 e. The average Bonchev–Trinajstić information content (AvgIpc) is 2.30. The maximum absolute atomic E-state index is 11.6. The Morgan fingerprint density at radius 2 is 1.89 bits per heavy atom. The second-order valence-electron chi connectivity index (χ2n) is 4.66. The second-order valence-corrected chi connectivity index (χ2v) is 6.58. The highest BCUT2D eigenvalue weighted by molar-refractivity contribution is 7.89. The van der Waals surface area contributed by atoms with Crippen LogP contribution in [-0.4, -0.2) is 44.9 Å². The molecule has 0 radical (unpaired) electrons. The van der Waals surface area contributed by atoms with Gasteiger partial charge in [-0.25, -0.2) is 13.1 Å². The predicted octanol–water partition coefficient (Wildman–Crippen LogP) is 0.216. The maximum Gasteiger partial charge on any atom is 0.307 e. The minimum absolute atomic E-state index is 0.153. The molecule has 0 aromatic heterocycles. The van der Waals surface area contributed by atoms with Crippen molar-refractivity contribution in [2.24, 2.45) is 11.8 Å². The van der Waals surface area contributed by atoms with Crippen LogP contribution in [0.25, 0.3) is 0 Å². The van der Waals surface area contributed by atoms with Crippen LogP contribution in [0.3, 0.4) is 0 Å². The van der Waals surface area contributed by atoms with Gasteiger partial charge in [0.25, 0.3) is 0 Å². The smallest absolute Gasteiger partial charge is 0.307 e. The number of hydrogen-bond acceptors (Lipinski definition) is 5. The highest BCUT2D eigenvalue weighted by atomic mass is 32.2. The number of methoxy groups -OCH3 is 1. The lowest BCUT2D eigenvalue weighted by Crippen LogP contribution is -2.35. The SMILES string of the molecule is COC(=O)CCS(=O)(=O)NCC(CC(C)C)C(=O)O. The molecule has 19 heavy (non-hydrogen) atoms. The number of carbonyl (C=O) groups excluding carboxylic acids is 1. The van der Waals surface area contributed by atoms with E-state index in [1.54, 1.807) is 0 Å². The normalized spacial score (nSPS) is 13.3. The van der Waals surface area contributed by atoms with Crippen molar-refractivity contribution in [2.45, 2.75) is 26.7 Å². The van der Waals surface area contributed by atoms with Crippen molar-refractivity contribution in [3.8, 4) is 0 Å². The van der Waals surface area contributed by atoms with E-state index in [2.05, 4.69) is 9.46 Å². The fourth-order valence-corrected chi connectivity index (χ4v) is 2.49. The molecule has 2 N–H and O–H groups in total. The summed E-state index contributed by atoms with van der Waals surface area (Å²) in [5.41, 5.74) is 0. The molecule has 0 aliphatic rings. The summed E-state index contributed by atoms with van der Waals surface area (Å²) in [4.78, 5) is 21.8. The van der Waals surface area contributed by atoms with Crippen LogP contribution < -0.4 is 4.72 Å². The number of carboxylic acid groups (broad SMARTS) is 1. The number of nitrogens with one attached hydrogen (secondary N) is 1. The van der Waals surface area contributed by atoms with Crippen molar-refractivity contribution in [2.75, 3.05) is 19.4 Å². The molecular formula is C11H21NO6S. The van der Waals surface area contributed by atoms with E-state index >= 15 is 0 Å². The van der Waals surface area contributed by atoms with E-state index in [1.165, 1.54) is 7.11 Å². The number of aliphatic carboxylic acids is 1. The summed E-state index contributed by atoms with van der Waals surface area (Å²) in [6.07, 6.45) is 0.128. The lowest BCUT2D eigenvalue weighted by atomic mass is 9.98. The molecule has 0 aromatic carbocycles. The number of ether oxygens (including phenoxy) is 1. The molecule has 0 aliphatic carbocycles. The Balaban J connectivity index is 4.33. The average molecular weight is 295 g/mol. The van der Waals surface area contributed by atoms with Gasteiger partial charge in [0.15, 0.2) is 0 Å². The predicted molar refractivity (Wildman–Crippen MR) is 69.0 cm³/mol. The number of rotatable bonds is 9. The van der Waals surface area contributed by atoms with Gasteiger partial charge in [-0.3, -0.25) is 9.59 Å². The Morgan fingerprint density at radius 1 is 1.32 bits per heavy atom. The summed E-state index contributed by atoms with van der Waals surface area (Å²) < 4.78 is 29.6. The Morgan fingerprint density at radius 3 is 2.32 bits per heavy atom. The Kier molecular flexibility index (Phi) is 7.62. The zero-order chi connectivity index (χ0) is 15.1. The van der Waals surface area contributed by atoms with E-state index in [0.29, 0.717) is 6.42 Å². The number of carbonyl (C=O) groups is 2. The molecule has 0 fully saturated rings. The van der Waals surface area contributed by atoms with Crippen molar-refractivity contribution in [1.82, 2.24) is 4.72 Å². The van der Waals surface area contributed by atoms with Crippen LogP contribution >= 0.6 is 0 Å². The molecule has 0 amide bonds. The van der Waals surface area contributed by atoms with Crippen LogP contribution in [0.15, 0.2) is 0 Å². The lowest BCUT2D eigenvalue weighted by Gasteiger charge is -2.15. The molecule has 112 valence electrons.